The van der Waals surface area contributed by atoms with Gasteiger partial charge in [0.25, 0.3) is 0 Å². The first kappa shape index (κ1) is 49.7. The van der Waals surface area contributed by atoms with Crippen LogP contribution in [0.15, 0.2) is 36.9 Å². The van der Waals surface area contributed by atoms with E-state index in [9.17, 15) is 22.8 Å². The van der Waals surface area contributed by atoms with Crippen molar-refractivity contribution in [3.05, 3.63) is 42.5 Å². The molecule has 2 aliphatic carbocycles. The molecule has 5 aliphatic rings. The van der Waals surface area contributed by atoms with Crippen LogP contribution in [0, 0.1) is 28.6 Å². The van der Waals surface area contributed by atoms with Crippen LogP contribution < -0.4 is 14.2 Å². The molecule has 1 N–H and O–H groups in total. The van der Waals surface area contributed by atoms with Gasteiger partial charge in [0.15, 0.2) is 5.78 Å². The molecule has 1 aromatic carbocycles. The molecule has 17 heteroatoms. The van der Waals surface area contributed by atoms with E-state index in [4.69, 9.17) is 28.7 Å². The van der Waals surface area contributed by atoms with Crippen LogP contribution in [0.5, 0.6) is 11.6 Å². The van der Waals surface area contributed by atoms with Gasteiger partial charge in [-0.2, -0.15) is 12.7 Å². The maximum absolute atomic E-state index is 15.1. The van der Waals surface area contributed by atoms with Gasteiger partial charge >= 0.3 is 16.2 Å². The number of hydrogen-bond acceptors (Lipinski definition) is 13. The highest BCUT2D eigenvalue weighted by atomic mass is 32.2. The maximum Gasteiger partial charge on any atom is 0.306 e. The first-order chi connectivity index (χ1) is 31.5. The third-order valence-corrected chi connectivity index (χ3v) is 16.0. The largest absolute Gasteiger partial charge is 0.491 e. The van der Waals surface area contributed by atoms with Gasteiger partial charge in [-0.25, -0.2) is 9.71 Å². The Bertz CT molecular complexity index is 2190. The standard InChI is InChI=1S/C49H71N5O11S/c1-7-34-30-49(34,47(58)51-66(59,60)52(5)20-24-61-6)31-41(55)40-28-35-32-54(40)46(57)38(48(2,3)4)29-43(56)65-42-19-13-15-33(42)14-9-8-10-17-37-44(63-27-23-53-21-25-62-26-22-53)36-16-11-12-18-39(36)50-45(37)64-35/h7,11-12,16,18,33-35,38,40,42H,1,8-10,13-15,17,19-32H2,2-6H3,(H,51,58)/t33-,34-,35-,38-,40+,42-,49-/m1/s1. The van der Waals surface area contributed by atoms with E-state index in [2.05, 4.69) is 16.2 Å². The van der Waals surface area contributed by atoms with E-state index >= 15 is 4.79 Å². The summed E-state index contributed by atoms with van der Waals surface area (Å²) in [5.74, 6) is -2.00. The summed E-state index contributed by atoms with van der Waals surface area (Å²) in [5.41, 5.74) is -0.562. The third kappa shape index (κ3) is 11.6. The Morgan fingerprint density at radius 1 is 1.05 bits per heavy atom. The number of nitrogens with zero attached hydrogens (tertiary/aromatic N) is 4. The van der Waals surface area contributed by atoms with Crippen LogP contribution >= 0.6 is 0 Å². The molecule has 3 aliphatic heterocycles. The molecule has 66 heavy (non-hydrogen) atoms. The number of allylic oxidation sites excluding steroid dienone is 1. The zero-order chi connectivity index (χ0) is 47.2. The minimum atomic E-state index is -4.26. The minimum absolute atomic E-state index is 0.00995. The number of likely N-dealkylation sites (N-methyl/N-ethyl adjacent to an activating group) is 1. The van der Waals surface area contributed by atoms with Gasteiger partial charge in [0, 0.05) is 58.6 Å². The summed E-state index contributed by atoms with van der Waals surface area (Å²) in [4.78, 5) is 66.7. The van der Waals surface area contributed by atoms with Gasteiger partial charge in [0.1, 0.15) is 24.6 Å². The van der Waals surface area contributed by atoms with E-state index in [1.54, 1.807) is 6.08 Å². The van der Waals surface area contributed by atoms with Crippen molar-refractivity contribution >= 4 is 44.7 Å². The molecule has 2 saturated heterocycles. The Hall–Kier alpha value is -4.16. The number of carbonyl (C=O) groups excluding carboxylic acids is 4. The Morgan fingerprint density at radius 2 is 1.80 bits per heavy atom. The lowest BCUT2D eigenvalue weighted by Crippen LogP contribution is -2.49. The first-order valence-electron chi connectivity index (χ1n) is 24.0. The van der Waals surface area contributed by atoms with Crippen molar-refractivity contribution in [2.75, 3.05) is 73.3 Å². The van der Waals surface area contributed by atoms with Crippen molar-refractivity contribution in [1.82, 2.24) is 23.8 Å². The molecule has 0 spiro atoms. The lowest BCUT2D eigenvalue weighted by molar-refractivity contribution is -0.158. The number of ether oxygens (including phenoxy) is 5. The lowest BCUT2D eigenvalue weighted by atomic mass is 9.77. The van der Waals surface area contributed by atoms with Crippen molar-refractivity contribution in [2.24, 2.45) is 28.6 Å². The van der Waals surface area contributed by atoms with E-state index in [0.717, 1.165) is 79.8 Å². The normalized spacial score (nSPS) is 28.1. The zero-order valence-corrected chi connectivity index (χ0v) is 40.4. The number of benzene rings is 1. The van der Waals surface area contributed by atoms with Gasteiger partial charge in [0.05, 0.1) is 61.2 Å². The molecule has 364 valence electrons. The molecule has 0 radical (unpaired) electrons. The molecule has 1 aromatic heterocycles. The molecule has 7 atom stereocenters. The minimum Gasteiger partial charge on any atom is -0.491 e. The SMILES string of the molecule is C=C[C@@H]1C[C@]1(CC(=O)[C@@H]1C[C@@H]2CN1C(=O)[C@H](C(C)(C)C)CC(=O)O[C@@H]1CCC[C@H]1CCCCCc1c(nc3ccccc3c1OCCN1CCOCC1)O2)C(=O)NS(=O)(=O)N(C)CCOC. The lowest BCUT2D eigenvalue weighted by Gasteiger charge is -2.35. The van der Waals surface area contributed by atoms with Crippen molar-refractivity contribution in [3.8, 4) is 11.6 Å². The van der Waals surface area contributed by atoms with E-state index in [1.165, 1.54) is 19.1 Å². The molecule has 4 heterocycles. The van der Waals surface area contributed by atoms with Crippen LogP contribution in [-0.2, 0) is 50.0 Å². The first-order valence-corrected chi connectivity index (χ1v) is 25.4. The van der Waals surface area contributed by atoms with Crippen LogP contribution in [0.2, 0.25) is 0 Å². The highest BCUT2D eigenvalue weighted by molar-refractivity contribution is 7.87. The van der Waals surface area contributed by atoms with Crippen LogP contribution in [0.1, 0.15) is 97.0 Å². The number of Topliss-reactive ketones (excluding diaryl/α,β-unsaturated/α-hetero) is 1. The van der Waals surface area contributed by atoms with Crippen molar-refractivity contribution in [2.45, 2.75) is 116 Å². The molecular weight excluding hydrogens is 867 g/mol. The summed E-state index contributed by atoms with van der Waals surface area (Å²) >= 11 is 0. The average molecular weight is 938 g/mol. The summed E-state index contributed by atoms with van der Waals surface area (Å²) in [6.45, 7) is 14.0. The Morgan fingerprint density at radius 3 is 2.53 bits per heavy atom. The predicted molar refractivity (Wildman–Crippen MR) is 248 cm³/mol. The summed E-state index contributed by atoms with van der Waals surface area (Å²) in [7, 11) is -1.48. The number of para-hydroxylation sites is 1. The highest BCUT2D eigenvalue weighted by Gasteiger charge is 2.61. The zero-order valence-electron chi connectivity index (χ0n) is 39.6. The maximum atomic E-state index is 15.1. The number of methoxy groups -OCH3 is 1. The molecule has 2 aromatic rings. The topological polar surface area (TPSA) is 183 Å². The third-order valence-electron chi connectivity index (χ3n) is 14.5. The van der Waals surface area contributed by atoms with Crippen LogP contribution in [0.25, 0.3) is 10.9 Å². The summed E-state index contributed by atoms with van der Waals surface area (Å²) in [6, 6.07) is 6.78. The smallest absolute Gasteiger partial charge is 0.306 e. The second kappa shape index (κ2) is 21.4. The Kier molecular flexibility index (Phi) is 16.1. The van der Waals surface area contributed by atoms with Crippen LogP contribution in [0.3, 0.4) is 0 Å². The quantitative estimate of drug-likeness (QED) is 0.191. The fourth-order valence-corrected chi connectivity index (χ4v) is 11.3. The molecule has 2 saturated carbocycles. The number of esters is 1. The van der Waals surface area contributed by atoms with Crippen molar-refractivity contribution in [3.63, 3.8) is 0 Å². The summed E-state index contributed by atoms with van der Waals surface area (Å²) in [5, 5.41) is 0.876. The second-order valence-electron chi connectivity index (χ2n) is 20.1. The summed E-state index contributed by atoms with van der Waals surface area (Å²) < 4.78 is 60.1. The fraction of sp³-hybridized carbons (Fsp3) is 0.694. The number of fused-ring (bicyclic) bond motifs is 5. The number of morpholine rings is 1. The van der Waals surface area contributed by atoms with Gasteiger partial charge in [-0.05, 0) is 74.3 Å². The van der Waals surface area contributed by atoms with Gasteiger partial charge in [-0.15, -0.1) is 6.58 Å². The molecule has 0 unspecified atom stereocenters. The van der Waals surface area contributed by atoms with Gasteiger partial charge in [0.2, 0.25) is 17.7 Å². The molecule has 16 nitrogen and oxygen atoms in total. The predicted octanol–water partition coefficient (Wildman–Crippen LogP) is 5.27. The molecule has 4 fully saturated rings. The average Bonchev–Trinajstić information content (AvgIpc) is 3.56. The number of aromatic nitrogens is 1. The van der Waals surface area contributed by atoms with E-state index in [-0.39, 0.29) is 63.3 Å². The van der Waals surface area contributed by atoms with Gasteiger partial charge in [-0.3, -0.25) is 24.1 Å². The summed E-state index contributed by atoms with van der Waals surface area (Å²) in [6.07, 6.45) is 7.51. The number of amides is 2. The van der Waals surface area contributed by atoms with Gasteiger partial charge < -0.3 is 28.6 Å². The van der Waals surface area contributed by atoms with Crippen molar-refractivity contribution in [1.29, 1.82) is 0 Å². The number of pyridine rings is 1. The molecular formula is C49H71N5O11S. The number of nitrogens with one attached hydrogen (secondary N) is 1. The molecule has 2 bridgehead atoms. The van der Waals surface area contributed by atoms with E-state index in [0.29, 0.717) is 43.4 Å². The number of hydrogen-bond donors (Lipinski definition) is 1. The fourth-order valence-electron chi connectivity index (χ4n) is 10.3. The van der Waals surface area contributed by atoms with E-state index < -0.39 is 62.7 Å². The van der Waals surface area contributed by atoms with Crippen LogP contribution in [0.4, 0.5) is 0 Å². The number of carbonyl (C=O) groups is 4. The molecule has 7 rings (SSSR count). The Labute approximate surface area is 390 Å². The second-order valence-corrected chi connectivity index (χ2v) is 21.8. The monoisotopic (exact) mass is 937 g/mol. The Balaban J connectivity index is 1.23. The van der Waals surface area contributed by atoms with Gasteiger partial charge in [-0.1, -0.05) is 51.8 Å². The number of rotatable bonds is 14. The molecule has 2 amide bonds. The van der Waals surface area contributed by atoms with E-state index in [1.807, 2.05) is 45.0 Å². The number of ketones is 1. The van der Waals surface area contributed by atoms with Crippen LogP contribution in [-0.4, -0.2) is 143 Å². The highest BCUT2D eigenvalue weighted by Crippen LogP contribution is 2.57. The van der Waals surface area contributed by atoms with Crippen molar-refractivity contribution < 1.29 is 51.3 Å².